The van der Waals surface area contributed by atoms with Gasteiger partial charge >= 0.3 is 6.09 Å². The summed E-state index contributed by atoms with van der Waals surface area (Å²) < 4.78 is 5.51. The molecular formula is C39H53N5O5. The number of pyridine rings is 1. The van der Waals surface area contributed by atoms with Crippen LogP contribution in [-0.2, 0) is 17.8 Å². The first kappa shape index (κ1) is 36.1. The average Bonchev–Trinajstić information content (AvgIpc) is 3.05. The Morgan fingerprint density at radius 2 is 1.71 bits per heavy atom. The number of morpholine rings is 1. The number of nitrogens with zero attached hydrogens (tertiary/aromatic N) is 3. The van der Waals surface area contributed by atoms with Crippen LogP contribution >= 0.6 is 0 Å². The molecule has 3 heterocycles. The number of hydrogen-bond donors (Lipinski definition) is 3. The third-order valence-electron chi connectivity index (χ3n) is 10.3. The van der Waals surface area contributed by atoms with Crippen molar-refractivity contribution in [2.24, 2.45) is 5.41 Å². The van der Waals surface area contributed by atoms with Crippen molar-refractivity contribution in [3.8, 4) is 11.1 Å². The lowest BCUT2D eigenvalue weighted by Crippen LogP contribution is -2.56. The van der Waals surface area contributed by atoms with Gasteiger partial charge in [0.05, 0.1) is 13.2 Å². The van der Waals surface area contributed by atoms with E-state index in [4.69, 9.17) is 4.74 Å². The number of carbonyl (C=O) groups excluding carboxylic acids is 1. The Labute approximate surface area is 290 Å². The molecule has 0 bridgehead atoms. The van der Waals surface area contributed by atoms with Crippen molar-refractivity contribution in [2.75, 3.05) is 44.3 Å². The fourth-order valence-corrected chi connectivity index (χ4v) is 7.49. The molecule has 2 aliphatic heterocycles. The predicted octanol–water partition coefficient (Wildman–Crippen LogP) is 6.11. The third-order valence-corrected chi connectivity index (χ3v) is 10.3. The molecule has 264 valence electrons. The van der Waals surface area contributed by atoms with E-state index in [2.05, 4.69) is 78.1 Å². The van der Waals surface area contributed by atoms with Crippen molar-refractivity contribution in [3.63, 3.8) is 0 Å². The van der Waals surface area contributed by atoms with Crippen LogP contribution in [0.2, 0.25) is 0 Å². The second-order valence-electron chi connectivity index (χ2n) is 14.7. The number of carboxylic acid groups (broad SMARTS) is 1. The first-order valence-corrected chi connectivity index (χ1v) is 17.5. The van der Waals surface area contributed by atoms with E-state index in [0.717, 1.165) is 66.5 Å². The minimum Gasteiger partial charge on any atom is -0.465 e. The molecule has 3 aromatic rings. The fraction of sp³-hybridized carbons (Fsp3) is 0.513. The molecule has 2 amide bonds. The van der Waals surface area contributed by atoms with Crippen LogP contribution in [0, 0.1) is 26.2 Å². The Balaban J connectivity index is 1.50. The Bertz CT molecular complexity index is 1700. The van der Waals surface area contributed by atoms with E-state index in [1.807, 2.05) is 32.9 Å². The van der Waals surface area contributed by atoms with Gasteiger partial charge in [0.1, 0.15) is 0 Å². The van der Waals surface area contributed by atoms with E-state index in [9.17, 15) is 19.5 Å². The zero-order chi connectivity index (χ0) is 35.5. The number of hydrogen-bond acceptors (Lipinski definition) is 6. The van der Waals surface area contributed by atoms with Gasteiger partial charge in [-0.1, -0.05) is 45.0 Å². The molecule has 5 rings (SSSR count). The highest BCUT2D eigenvalue weighted by atomic mass is 16.5. The minimum absolute atomic E-state index is 0.0966. The molecule has 2 unspecified atom stereocenters. The van der Waals surface area contributed by atoms with Crippen molar-refractivity contribution in [1.29, 1.82) is 0 Å². The molecule has 2 fully saturated rings. The summed E-state index contributed by atoms with van der Waals surface area (Å²) in [6, 6.07) is 14.6. The van der Waals surface area contributed by atoms with Crippen LogP contribution in [0.1, 0.15) is 78.8 Å². The van der Waals surface area contributed by atoms with Gasteiger partial charge in [-0.3, -0.25) is 14.5 Å². The minimum atomic E-state index is -0.877. The summed E-state index contributed by atoms with van der Waals surface area (Å²) in [4.78, 5) is 48.1. The SMILES string of the molecule is CCN(c1cc(-c2ccc(CN3CCOCC3)cc2)cc(C(=O)NCc2c(C)cc(C)[nH]c2=O)c1C)C1CCN(C(=O)O)C(C(C)(C)C)C1. The molecule has 2 aliphatic rings. The van der Waals surface area contributed by atoms with Gasteiger partial charge < -0.3 is 29.9 Å². The molecule has 2 aromatic carbocycles. The zero-order valence-corrected chi connectivity index (χ0v) is 30.2. The first-order valence-electron chi connectivity index (χ1n) is 17.5. The summed E-state index contributed by atoms with van der Waals surface area (Å²) in [6.07, 6.45) is 0.516. The quantitative estimate of drug-likeness (QED) is 0.251. The average molecular weight is 672 g/mol. The number of aryl methyl sites for hydroxylation is 2. The molecule has 49 heavy (non-hydrogen) atoms. The summed E-state index contributed by atoms with van der Waals surface area (Å²) >= 11 is 0. The van der Waals surface area contributed by atoms with E-state index < -0.39 is 6.09 Å². The van der Waals surface area contributed by atoms with Crippen molar-refractivity contribution < 1.29 is 19.4 Å². The number of anilines is 1. The maximum absolute atomic E-state index is 14.0. The number of amides is 2. The van der Waals surface area contributed by atoms with Gasteiger partial charge in [-0.2, -0.15) is 0 Å². The lowest BCUT2D eigenvalue weighted by atomic mass is 9.78. The van der Waals surface area contributed by atoms with E-state index in [1.54, 1.807) is 4.90 Å². The molecule has 0 spiro atoms. The molecule has 10 heteroatoms. The summed E-state index contributed by atoms with van der Waals surface area (Å²) in [5, 5.41) is 13.0. The van der Waals surface area contributed by atoms with Crippen LogP contribution in [0.5, 0.6) is 0 Å². The maximum Gasteiger partial charge on any atom is 0.407 e. The first-order chi connectivity index (χ1) is 23.3. The van der Waals surface area contributed by atoms with Crippen LogP contribution in [0.15, 0.2) is 47.3 Å². The number of benzene rings is 2. The van der Waals surface area contributed by atoms with E-state index in [-0.39, 0.29) is 35.5 Å². The van der Waals surface area contributed by atoms with Gasteiger partial charge in [0.15, 0.2) is 0 Å². The van der Waals surface area contributed by atoms with Crippen molar-refractivity contribution in [3.05, 3.63) is 86.3 Å². The van der Waals surface area contributed by atoms with Gasteiger partial charge in [-0.05, 0) is 92.0 Å². The number of aromatic amines is 1. The van der Waals surface area contributed by atoms with Crippen molar-refractivity contribution >= 4 is 17.7 Å². The number of likely N-dealkylation sites (tertiary alicyclic amines) is 1. The van der Waals surface area contributed by atoms with Crippen LogP contribution in [0.4, 0.5) is 10.5 Å². The third kappa shape index (κ3) is 8.36. The van der Waals surface area contributed by atoms with E-state index >= 15 is 0 Å². The highest BCUT2D eigenvalue weighted by Gasteiger charge is 2.40. The van der Waals surface area contributed by atoms with Crippen LogP contribution in [-0.4, -0.2) is 83.4 Å². The van der Waals surface area contributed by atoms with Gasteiger partial charge in [0, 0.05) is 73.9 Å². The normalized spacial score (nSPS) is 18.7. The molecule has 0 aliphatic carbocycles. The number of carbonyl (C=O) groups is 2. The van der Waals surface area contributed by atoms with Gasteiger partial charge in [0.25, 0.3) is 11.5 Å². The number of piperidine rings is 1. The molecule has 2 atom stereocenters. The van der Waals surface area contributed by atoms with Crippen molar-refractivity contribution in [2.45, 2.75) is 86.5 Å². The van der Waals surface area contributed by atoms with Gasteiger partial charge in [-0.25, -0.2) is 4.79 Å². The number of H-pyrrole nitrogens is 1. The standard InChI is InChI=1S/C39H53N5O5/c1-8-43(31-13-14-44(38(47)48)35(22-31)39(5,6)7)34-21-30(29-11-9-28(10-12-29)24-42-15-17-49-18-16-42)20-32(27(34)4)36(45)40-23-33-25(2)19-26(3)41-37(33)46/h9-12,19-21,31,35H,8,13-18,22-24H2,1-7H3,(H,40,45)(H,41,46)(H,47,48). The smallest absolute Gasteiger partial charge is 0.407 e. The molecular weight excluding hydrogens is 618 g/mol. The second-order valence-corrected chi connectivity index (χ2v) is 14.7. The van der Waals surface area contributed by atoms with Crippen LogP contribution < -0.4 is 15.8 Å². The molecule has 0 radical (unpaired) electrons. The van der Waals surface area contributed by atoms with Crippen molar-refractivity contribution in [1.82, 2.24) is 20.1 Å². The summed E-state index contributed by atoms with van der Waals surface area (Å²) in [6.45, 7) is 19.6. The molecule has 0 saturated carbocycles. The number of aromatic nitrogens is 1. The van der Waals surface area contributed by atoms with Crippen LogP contribution in [0.25, 0.3) is 11.1 Å². The van der Waals surface area contributed by atoms with Gasteiger partial charge in [-0.15, -0.1) is 0 Å². The summed E-state index contributed by atoms with van der Waals surface area (Å²) in [5.74, 6) is -0.242. The summed E-state index contributed by atoms with van der Waals surface area (Å²) in [7, 11) is 0. The fourth-order valence-electron chi connectivity index (χ4n) is 7.49. The van der Waals surface area contributed by atoms with E-state index in [0.29, 0.717) is 37.1 Å². The monoisotopic (exact) mass is 671 g/mol. The topological polar surface area (TPSA) is 118 Å². The lowest BCUT2D eigenvalue weighted by Gasteiger charge is -2.48. The Hall–Kier alpha value is -4.15. The largest absolute Gasteiger partial charge is 0.465 e. The summed E-state index contributed by atoms with van der Waals surface area (Å²) in [5.41, 5.74) is 7.28. The molecule has 1 aromatic heterocycles. The highest BCUT2D eigenvalue weighted by molar-refractivity contribution is 5.99. The van der Waals surface area contributed by atoms with E-state index in [1.165, 1.54) is 5.56 Å². The lowest BCUT2D eigenvalue weighted by molar-refractivity contribution is 0.0342. The zero-order valence-electron chi connectivity index (χ0n) is 30.2. The Morgan fingerprint density at radius 1 is 1.02 bits per heavy atom. The van der Waals surface area contributed by atoms with Gasteiger partial charge in [0.2, 0.25) is 0 Å². The second kappa shape index (κ2) is 15.2. The Morgan fingerprint density at radius 3 is 2.33 bits per heavy atom. The molecule has 10 nitrogen and oxygen atoms in total. The number of rotatable bonds is 9. The maximum atomic E-state index is 14.0. The highest BCUT2D eigenvalue weighted by Crippen LogP contribution is 2.38. The number of ether oxygens (including phenoxy) is 1. The Kier molecular flexibility index (Phi) is 11.2. The van der Waals surface area contributed by atoms with Crippen LogP contribution in [0.3, 0.4) is 0 Å². The number of nitrogens with one attached hydrogen (secondary N) is 2. The molecule has 2 saturated heterocycles. The molecule has 3 N–H and O–H groups in total. The predicted molar refractivity (Wildman–Crippen MR) is 194 cm³/mol.